The number of primary amides is 1. The Balaban J connectivity index is 1.67. The SMILES string of the molecule is CCCCC(=O)NS(=O)(=O)CCCC(=O)NCCOCCOCC(=O)NCCCC[C@@H]1NC(=O)[C@@H](N)CSSC[C@@H](C(=O)C[C@@H](Cc2ccc(O)cc2)C(N)=O)CC1=O. The van der Waals surface area contributed by atoms with E-state index in [1.54, 1.807) is 12.1 Å². The number of aromatic hydroxyl groups is 1. The van der Waals surface area contributed by atoms with Crippen LogP contribution in [0.5, 0.6) is 5.75 Å². The largest absolute Gasteiger partial charge is 0.508 e. The molecule has 0 aromatic heterocycles. The highest BCUT2D eigenvalue weighted by Crippen LogP contribution is 2.29. The number of amides is 5. The predicted molar refractivity (Wildman–Crippen MR) is 224 cm³/mol. The van der Waals surface area contributed by atoms with Crippen molar-refractivity contribution in [2.75, 3.05) is 56.8 Å². The second-order valence-electron chi connectivity index (χ2n) is 14.2. The summed E-state index contributed by atoms with van der Waals surface area (Å²) in [6.45, 7) is 2.62. The maximum atomic E-state index is 13.5. The number of rotatable bonds is 27. The van der Waals surface area contributed by atoms with E-state index < -0.39 is 51.7 Å². The summed E-state index contributed by atoms with van der Waals surface area (Å²) < 4.78 is 36.6. The van der Waals surface area contributed by atoms with Crippen molar-refractivity contribution in [2.24, 2.45) is 23.3 Å². The number of ether oxygens (including phenoxy) is 2. The van der Waals surface area contributed by atoms with Crippen molar-refractivity contribution in [1.29, 1.82) is 0 Å². The molecule has 0 radical (unpaired) electrons. The van der Waals surface area contributed by atoms with E-state index in [-0.39, 0.29) is 131 Å². The average molecular weight is 889 g/mol. The van der Waals surface area contributed by atoms with Crippen molar-refractivity contribution in [3.05, 3.63) is 29.8 Å². The van der Waals surface area contributed by atoms with E-state index in [1.165, 1.54) is 33.7 Å². The first-order valence-corrected chi connectivity index (χ1v) is 23.9. The number of ketones is 2. The van der Waals surface area contributed by atoms with Crippen molar-refractivity contribution in [3.63, 3.8) is 0 Å². The maximum absolute atomic E-state index is 13.5. The first-order valence-electron chi connectivity index (χ1n) is 19.7. The van der Waals surface area contributed by atoms with Crippen LogP contribution in [0, 0.1) is 11.8 Å². The zero-order valence-electron chi connectivity index (χ0n) is 33.6. The average Bonchev–Trinajstić information content (AvgIpc) is 3.20. The van der Waals surface area contributed by atoms with Gasteiger partial charge in [-0.05, 0) is 56.2 Å². The molecule has 4 atom stereocenters. The van der Waals surface area contributed by atoms with Crippen molar-refractivity contribution < 1.29 is 56.6 Å². The summed E-state index contributed by atoms with van der Waals surface area (Å²) in [6, 6.07) is 4.50. The number of Topliss-reactive ketones (excluding diaryl/α,β-unsaturated/α-hetero) is 2. The first-order chi connectivity index (χ1) is 28.1. The molecule has 5 amide bonds. The van der Waals surface area contributed by atoms with E-state index in [0.29, 0.717) is 19.3 Å². The van der Waals surface area contributed by atoms with Gasteiger partial charge in [0, 0.05) is 62.1 Å². The number of hydrogen-bond donors (Lipinski definition) is 7. The molecule has 1 aromatic carbocycles. The molecule has 21 heteroatoms. The highest BCUT2D eigenvalue weighted by atomic mass is 33.1. The van der Waals surface area contributed by atoms with Gasteiger partial charge >= 0.3 is 0 Å². The fourth-order valence-corrected chi connectivity index (χ4v) is 9.24. The molecule has 332 valence electrons. The summed E-state index contributed by atoms with van der Waals surface area (Å²) in [7, 11) is -1.12. The second kappa shape index (κ2) is 28.7. The summed E-state index contributed by atoms with van der Waals surface area (Å²) in [6.07, 6.45) is 2.63. The van der Waals surface area contributed by atoms with Gasteiger partial charge in [-0.15, -0.1) is 0 Å². The third kappa shape index (κ3) is 23.0. The standard InChI is InChI=1S/C38H60N6O12S3/c1-2-3-8-35(49)44-59(53,54)19-6-9-34(48)42-15-16-55-17-18-56-23-36(50)41-14-5-4-7-31-33(47)22-28(24-57-58-25-30(39)38(52)43-31)32(46)21-27(37(40)51)20-26-10-12-29(45)13-11-26/h10-13,27-28,30-31,45H,2-9,14-25,39H2,1H3,(H2,40,51)(H,41,50)(H,42,48)(H,43,52)(H,44,49)/t27-,28+,30+,31+/m1/s1. The van der Waals surface area contributed by atoms with Crippen LogP contribution in [-0.2, 0) is 59.5 Å². The van der Waals surface area contributed by atoms with Gasteiger partial charge in [0.15, 0.2) is 5.78 Å². The molecule has 1 aromatic rings. The number of carbonyl (C=O) groups is 7. The Bertz CT molecular complexity index is 1630. The van der Waals surface area contributed by atoms with Crippen molar-refractivity contribution in [2.45, 2.75) is 89.6 Å². The third-order valence-corrected chi connectivity index (χ3v) is 13.0. The van der Waals surface area contributed by atoms with Gasteiger partial charge in [0.05, 0.1) is 37.7 Å². The maximum Gasteiger partial charge on any atom is 0.245 e. The number of hydrogen-bond acceptors (Lipinski definition) is 15. The molecule has 1 aliphatic rings. The fraction of sp³-hybridized carbons (Fsp3) is 0.658. The van der Waals surface area contributed by atoms with E-state index in [2.05, 4.69) is 16.0 Å². The molecule has 1 saturated heterocycles. The number of nitrogens with one attached hydrogen (secondary N) is 4. The molecule has 1 aliphatic heterocycles. The van der Waals surface area contributed by atoms with Crippen LogP contribution in [0.4, 0.5) is 0 Å². The van der Waals surface area contributed by atoms with Gasteiger partial charge in [-0.2, -0.15) is 0 Å². The lowest BCUT2D eigenvalue weighted by atomic mass is 9.87. The molecule has 2 rings (SSSR count). The van der Waals surface area contributed by atoms with Crippen LogP contribution in [0.1, 0.15) is 76.7 Å². The lowest BCUT2D eigenvalue weighted by molar-refractivity contribution is -0.132. The minimum Gasteiger partial charge on any atom is -0.508 e. The van der Waals surface area contributed by atoms with Crippen LogP contribution in [0.2, 0.25) is 0 Å². The molecule has 0 spiro atoms. The zero-order chi connectivity index (χ0) is 43.6. The van der Waals surface area contributed by atoms with E-state index in [4.69, 9.17) is 20.9 Å². The summed E-state index contributed by atoms with van der Waals surface area (Å²) in [5.41, 5.74) is 12.4. The van der Waals surface area contributed by atoms with E-state index in [9.17, 15) is 47.1 Å². The second-order valence-corrected chi connectivity index (χ2v) is 18.6. The lowest BCUT2D eigenvalue weighted by Crippen LogP contribution is -2.49. The molecule has 0 saturated carbocycles. The molecule has 59 heavy (non-hydrogen) atoms. The van der Waals surface area contributed by atoms with E-state index in [1.807, 2.05) is 11.6 Å². The highest BCUT2D eigenvalue weighted by Gasteiger charge is 2.32. The molecular weight excluding hydrogens is 829 g/mol. The van der Waals surface area contributed by atoms with Crippen molar-refractivity contribution in [3.8, 4) is 5.75 Å². The van der Waals surface area contributed by atoms with Crippen LogP contribution >= 0.6 is 21.6 Å². The Morgan fingerprint density at radius 2 is 1.58 bits per heavy atom. The Labute approximate surface area is 354 Å². The van der Waals surface area contributed by atoms with Gasteiger partial charge < -0.3 is 42.0 Å². The minimum absolute atomic E-state index is 0.0279. The molecule has 0 aliphatic carbocycles. The third-order valence-electron chi connectivity index (χ3n) is 9.07. The topological polar surface area (TPSA) is 292 Å². The van der Waals surface area contributed by atoms with Crippen LogP contribution < -0.4 is 32.1 Å². The molecule has 0 bridgehead atoms. The number of sulfonamides is 1. The zero-order valence-corrected chi connectivity index (χ0v) is 36.0. The van der Waals surface area contributed by atoms with E-state index >= 15 is 0 Å². The molecule has 18 nitrogen and oxygen atoms in total. The van der Waals surface area contributed by atoms with Gasteiger partial charge in [0.2, 0.25) is 39.6 Å². The Hall–Kier alpha value is -3.76. The van der Waals surface area contributed by atoms with Crippen LogP contribution in [0.3, 0.4) is 0 Å². The van der Waals surface area contributed by atoms with Gasteiger partial charge in [0.25, 0.3) is 0 Å². The van der Waals surface area contributed by atoms with Gasteiger partial charge in [-0.25, -0.2) is 8.42 Å². The van der Waals surface area contributed by atoms with Crippen LogP contribution in [0.25, 0.3) is 0 Å². The number of phenols is 1. The summed E-state index contributed by atoms with van der Waals surface area (Å²) in [5, 5.41) is 17.6. The highest BCUT2D eigenvalue weighted by molar-refractivity contribution is 8.76. The number of benzene rings is 1. The number of carbonyl (C=O) groups excluding carboxylic acids is 7. The summed E-state index contributed by atoms with van der Waals surface area (Å²) in [4.78, 5) is 87.9. The van der Waals surface area contributed by atoms with Gasteiger partial charge in [0.1, 0.15) is 18.1 Å². The Morgan fingerprint density at radius 3 is 2.29 bits per heavy atom. The van der Waals surface area contributed by atoms with Gasteiger partial charge in [-0.1, -0.05) is 47.1 Å². The number of unbranched alkanes of at least 4 members (excludes halogenated alkanes) is 2. The van der Waals surface area contributed by atoms with Crippen LogP contribution in [-0.4, -0.2) is 123 Å². The monoisotopic (exact) mass is 888 g/mol. The van der Waals surface area contributed by atoms with E-state index in [0.717, 1.165) is 12.0 Å². The minimum atomic E-state index is -3.79. The quantitative estimate of drug-likeness (QED) is 0.0471. The predicted octanol–water partition coefficient (Wildman–Crippen LogP) is 0.630. The Kier molecular flexibility index (Phi) is 25.0. The summed E-state index contributed by atoms with van der Waals surface area (Å²) in [5.74, 6) is -4.24. The molecule has 0 unspecified atom stereocenters. The smallest absolute Gasteiger partial charge is 0.245 e. The first kappa shape index (κ1) is 51.4. The van der Waals surface area contributed by atoms with Crippen LogP contribution in [0.15, 0.2) is 24.3 Å². The molecular formula is C38H60N6O12S3. The van der Waals surface area contributed by atoms with Gasteiger partial charge in [-0.3, -0.25) is 38.3 Å². The molecule has 1 fully saturated rings. The number of nitrogens with two attached hydrogens (primary N) is 2. The fourth-order valence-electron chi connectivity index (χ4n) is 5.69. The van der Waals surface area contributed by atoms with Crippen molar-refractivity contribution in [1.82, 2.24) is 20.7 Å². The molecule has 1 heterocycles. The lowest BCUT2D eigenvalue weighted by Gasteiger charge is -2.22. The Morgan fingerprint density at radius 1 is 0.898 bits per heavy atom. The van der Waals surface area contributed by atoms with Crippen molar-refractivity contribution >= 4 is 72.7 Å². The number of phenolic OH excluding ortho intramolecular Hbond substituents is 1. The molecule has 9 N–H and O–H groups in total. The normalized spacial score (nSPS) is 18.2. The summed E-state index contributed by atoms with van der Waals surface area (Å²) >= 11 is 0.